The van der Waals surface area contributed by atoms with E-state index in [4.69, 9.17) is 5.73 Å². The van der Waals surface area contributed by atoms with Gasteiger partial charge in [-0.05, 0) is 15.9 Å². The quantitative estimate of drug-likeness (QED) is 0.615. The van der Waals surface area contributed by atoms with Gasteiger partial charge in [-0.3, -0.25) is 0 Å². The van der Waals surface area contributed by atoms with Gasteiger partial charge in [0.2, 0.25) is 5.95 Å². The molecule has 1 rings (SSSR count). The Bertz CT molecular complexity index is 320. The lowest BCUT2D eigenvalue weighted by molar-refractivity contribution is 0.0214. The molecular weight excluding hydrogens is 286 g/mol. The monoisotopic (exact) mass is 296 g/mol. The summed E-state index contributed by atoms with van der Waals surface area (Å²) in [7, 11) is 0. The minimum atomic E-state index is -2.45. The van der Waals surface area contributed by atoms with Gasteiger partial charge in [-0.1, -0.05) is 0 Å². The lowest BCUT2D eigenvalue weighted by Crippen LogP contribution is -2.14. The third kappa shape index (κ3) is 5.17. The average molecular weight is 297 g/mol. The van der Waals surface area contributed by atoms with Crippen LogP contribution in [0.4, 0.5) is 20.5 Å². The fraction of sp³-hybridized carbons (Fsp3) is 0.500. The van der Waals surface area contributed by atoms with Gasteiger partial charge < -0.3 is 15.8 Å². The molecule has 90 valence electrons. The van der Waals surface area contributed by atoms with Gasteiger partial charge in [-0.15, -0.1) is 0 Å². The molecule has 0 aliphatic heterocycles. The molecule has 0 aliphatic carbocycles. The third-order valence-electron chi connectivity index (χ3n) is 1.49. The molecular formula is C8H11BrF2N4O. The minimum absolute atomic E-state index is 0.153. The Morgan fingerprint density at radius 3 is 2.88 bits per heavy atom. The van der Waals surface area contributed by atoms with Crippen LogP contribution in [0.25, 0.3) is 0 Å². The number of anilines is 2. The van der Waals surface area contributed by atoms with Crippen molar-refractivity contribution in [2.75, 3.05) is 30.8 Å². The number of halogens is 3. The van der Waals surface area contributed by atoms with E-state index in [0.29, 0.717) is 22.9 Å². The summed E-state index contributed by atoms with van der Waals surface area (Å²) in [4.78, 5) is 7.87. The molecule has 0 fully saturated rings. The number of aromatic nitrogens is 2. The number of rotatable bonds is 6. The summed E-state index contributed by atoms with van der Waals surface area (Å²) in [5.74, 6) is 0.644. The lowest BCUT2D eigenvalue weighted by Gasteiger charge is -2.06. The van der Waals surface area contributed by atoms with E-state index in [1.807, 2.05) is 0 Å². The molecule has 0 bridgehead atoms. The van der Waals surface area contributed by atoms with E-state index in [2.05, 4.69) is 36.0 Å². The van der Waals surface area contributed by atoms with Gasteiger partial charge in [0, 0.05) is 12.6 Å². The summed E-state index contributed by atoms with van der Waals surface area (Å²) < 4.78 is 28.6. The van der Waals surface area contributed by atoms with Crippen molar-refractivity contribution in [3.63, 3.8) is 0 Å². The second kappa shape index (κ2) is 6.54. The topological polar surface area (TPSA) is 73.1 Å². The van der Waals surface area contributed by atoms with Crippen molar-refractivity contribution in [1.29, 1.82) is 0 Å². The summed E-state index contributed by atoms with van der Waals surface area (Å²) >= 11 is 3.15. The van der Waals surface area contributed by atoms with E-state index in [9.17, 15) is 8.78 Å². The molecule has 5 nitrogen and oxygen atoms in total. The zero-order valence-corrected chi connectivity index (χ0v) is 9.88. The zero-order valence-electron chi connectivity index (χ0n) is 8.29. The summed E-state index contributed by atoms with van der Waals surface area (Å²) in [5, 5.41) is 2.80. The van der Waals surface area contributed by atoms with Gasteiger partial charge in [0.05, 0.1) is 6.61 Å². The lowest BCUT2D eigenvalue weighted by atomic mass is 10.6. The van der Waals surface area contributed by atoms with Crippen LogP contribution >= 0.6 is 15.9 Å². The van der Waals surface area contributed by atoms with Crippen molar-refractivity contribution >= 4 is 27.7 Å². The SMILES string of the molecule is Nc1cc(Br)nc(NCCOCC(F)F)n1. The van der Waals surface area contributed by atoms with Crippen LogP contribution < -0.4 is 11.1 Å². The molecule has 0 spiro atoms. The van der Waals surface area contributed by atoms with Gasteiger partial charge in [-0.25, -0.2) is 13.8 Å². The highest BCUT2D eigenvalue weighted by Crippen LogP contribution is 2.11. The predicted octanol–water partition coefficient (Wildman–Crippen LogP) is 1.51. The molecule has 0 saturated carbocycles. The molecule has 0 atom stereocenters. The molecule has 0 radical (unpaired) electrons. The molecule has 0 aliphatic rings. The van der Waals surface area contributed by atoms with Gasteiger partial charge in [0.15, 0.2) is 0 Å². The highest BCUT2D eigenvalue weighted by Gasteiger charge is 2.02. The van der Waals surface area contributed by atoms with Crippen molar-refractivity contribution in [1.82, 2.24) is 9.97 Å². The average Bonchev–Trinajstić information content (AvgIpc) is 2.15. The number of nitrogens with two attached hydrogens (primary N) is 1. The predicted molar refractivity (Wildman–Crippen MR) is 59.5 cm³/mol. The van der Waals surface area contributed by atoms with Gasteiger partial charge in [-0.2, -0.15) is 4.98 Å². The van der Waals surface area contributed by atoms with Crippen LogP contribution in [0.3, 0.4) is 0 Å². The first-order chi connectivity index (χ1) is 7.58. The number of nitrogens with one attached hydrogen (secondary N) is 1. The molecule has 1 heterocycles. The van der Waals surface area contributed by atoms with Crippen molar-refractivity contribution in [2.45, 2.75) is 6.43 Å². The third-order valence-corrected chi connectivity index (χ3v) is 1.89. The molecule has 0 aromatic carbocycles. The molecule has 16 heavy (non-hydrogen) atoms. The first kappa shape index (κ1) is 13.0. The highest BCUT2D eigenvalue weighted by atomic mass is 79.9. The maximum absolute atomic E-state index is 11.7. The number of nitrogens with zero attached hydrogens (tertiary/aromatic N) is 2. The number of nitrogen functional groups attached to an aromatic ring is 1. The second-order valence-corrected chi connectivity index (χ2v) is 3.64. The Morgan fingerprint density at radius 2 is 2.25 bits per heavy atom. The first-order valence-electron chi connectivity index (χ1n) is 4.48. The van der Waals surface area contributed by atoms with Crippen molar-refractivity contribution < 1.29 is 13.5 Å². The van der Waals surface area contributed by atoms with Gasteiger partial charge in [0.25, 0.3) is 6.43 Å². The molecule has 1 aromatic rings. The first-order valence-corrected chi connectivity index (χ1v) is 5.27. The Hall–Kier alpha value is -1.02. The fourth-order valence-electron chi connectivity index (χ4n) is 0.922. The molecule has 3 N–H and O–H groups in total. The Labute approximate surface area is 99.5 Å². The second-order valence-electron chi connectivity index (χ2n) is 2.83. The van der Waals surface area contributed by atoms with Crippen LogP contribution in [0.15, 0.2) is 10.7 Å². The van der Waals surface area contributed by atoms with E-state index in [1.165, 1.54) is 0 Å². The summed E-state index contributed by atoms with van der Waals surface area (Å²) in [6.07, 6.45) is -2.45. The van der Waals surface area contributed by atoms with Crippen LogP contribution in [0.1, 0.15) is 0 Å². The van der Waals surface area contributed by atoms with Crippen molar-refractivity contribution in [2.24, 2.45) is 0 Å². The number of hydrogen-bond acceptors (Lipinski definition) is 5. The Balaban J connectivity index is 2.26. The molecule has 8 heteroatoms. The van der Waals surface area contributed by atoms with E-state index >= 15 is 0 Å². The number of hydrogen-bond donors (Lipinski definition) is 2. The molecule has 0 amide bonds. The van der Waals surface area contributed by atoms with Crippen LogP contribution in [-0.2, 0) is 4.74 Å². The molecule has 1 aromatic heterocycles. The smallest absolute Gasteiger partial charge is 0.261 e. The van der Waals surface area contributed by atoms with Crippen LogP contribution in [-0.4, -0.2) is 36.2 Å². The highest BCUT2D eigenvalue weighted by molar-refractivity contribution is 9.10. The van der Waals surface area contributed by atoms with Crippen molar-refractivity contribution in [3.05, 3.63) is 10.7 Å². The standard InChI is InChI=1S/C8H11BrF2N4O/c9-5-3-7(12)15-8(14-5)13-1-2-16-4-6(10)11/h3,6H,1-2,4H2,(H3,12,13,14,15). The van der Waals surface area contributed by atoms with Crippen LogP contribution in [0.5, 0.6) is 0 Å². The summed E-state index contributed by atoms with van der Waals surface area (Å²) in [6.45, 7) is -0.0775. The number of alkyl halides is 2. The minimum Gasteiger partial charge on any atom is -0.383 e. The van der Waals surface area contributed by atoms with Crippen LogP contribution in [0.2, 0.25) is 0 Å². The molecule has 0 unspecified atom stereocenters. The fourth-order valence-corrected chi connectivity index (χ4v) is 1.32. The normalized spacial score (nSPS) is 10.8. The van der Waals surface area contributed by atoms with Crippen molar-refractivity contribution in [3.8, 4) is 0 Å². The van der Waals surface area contributed by atoms with E-state index in [-0.39, 0.29) is 6.61 Å². The largest absolute Gasteiger partial charge is 0.383 e. The summed E-state index contributed by atoms with van der Waals surface area (Å²) in [5.41, 5.74) is 5.48. The van der Waals surface area contributed by atoms with E-state index in [0.717, 1.165) is 0 Å². The summed E-state index contributed by atoms with van der Waals surface area (Å²) in [6, 6.07) is 1.55. The zero-order chi connectivity index (χ0) is 12.0. The number of ether oxygens (including phenoxy) is 1. The Morgan fingerprint density at radius 1 is 1.50 bits per heavy atom. The van der Waals surface area contributed by atoms with Gasteiger partial charge >= 0.3 is 0 Å². The maximum Gasteiger partial charge on any atom is 0.261 e. The van der Waals surface area contributed by atoms with E-state index in [1.54, 1.807) is 6.07 Å². The van der Waals surface area contributed by atoms with E-state index < -0.39 is 13.0 Å². The maximum atomic E-state index is 11.7. The Kier molecular flexibility index (Phi) is 5.33. The van der Waals surface area contributed by atoms with Crippen LogP contribution in [0, 0.1) is 0 Å². The van der Waals surface area contributed by atoms with Gasteiger partial charge in [0.1, 0.15) is 17.0 Å². The molecule has 0 saturated heterocycles.